The molecule has 1 aromatic rings. The number of benzene rings is 1. The minimum Gasteiger partial charge on any atom is -0.740 e. The fourth-order valence-electron chi connectivity index (χ4n) is 0.780. The van der Waals surface area contributed by atoms with E-state index in [9.17, 15) is 13.6 Å². The van der Waals surface area contributed by atoms with Crippen molar-refractivity contribution in [3.63, 3.8) is 0 Å². The van der Waals surface area contributed by atoms with Gasteiger partial charge >= 0.3 is 5.97 Å². The number of para-hydroxylation sites is 1. The van der Waals surface area contributed by atoms with Gasteiger partial charge in [0.05, 0.1) is 0 Å². The molecule has 0 aliphatic heterocycles. The lowest BCUT2D eigenvalue weighted by atomic mass is 10.3. The average Bonchev–Trinajstić information content (AvgIpc) is 2.27. The van der Waals surface area contributed by atoms with E-state index in [0.717, 1.165) is 0 Å². The maximum atomic E-state index is 9.95. The number of carboxylic acid groups (broad SMARTS) is 1. The van der Waals surface area contributed by atoms with Gasteiger partial charge in [0.2, 0.25) is 0 Å². The van der Waals surface area contributed by atoms with Crippen LogP contribution in [0, 0.1) is 0 Å². The van der Waals surface area contributed by atoms with Crippen molar-refractivity contribution in [1.29, 1.82) is 0 Å². The number of rotatable bonds is 5. The number of hydrogen-bond donors (Lipinski definition) is 1. The van der Waals surface area contributed by atoms with E-state index in [1.165, 1.54) is 0 Å². The molecule has 0 bridgehead atoms. The Hall–Kier alpha value is -1.66. The minimum atomic E-state index is -2.47. The maximum absolute atomic E-state index is 9.95. The molecule has 1 unspecified atom stereocenters. The Morgan fingerprint density at radius 1 is 1.47 bits per heavy atom. The van der Waals surface area contributed by atoms with E-state index in [2.05, 4.69) is 10.8 Å². The van der Waals surface area contributed by atoms with Crippen molar-refractivity contribution in [2.45, 2.75) is 12.8 Å². The molecule has 6 heteroatoms. The Labute approximate surface area is 102 Å². The largest absolute Gasteiger partial charge is 0.740 e. The molecule has 1 rings (SSSR count). The van der Waals surface area contributed by atoms with Crippen molar-refractivity contribution in [2.24, 2.45) is 0 Å². The van der Waals surface area contributed by atoms with Crippen LogP contribution in [-0.2, 0) is 16.2 Å². The molecule has 0 saturated heterocycles. The number of allylic oxidation sites excluding steroid dienone is 1. The third kappa shape index (κ3) is 10.6. The fourth-order valence-corrected chi connectivity index (χ4v) is 1.05. The highest BCUT2D eigenvalue weighted by Gasteiger charge is 1.89. The van der Waals surface area contributed by atoms with E-state index in [1.54, 1.807) is 36.4 Å². The SMILES string of the molecule is C=CCCC(=O)O.O=S([O-])Oc1ccccc1. The quantitative estimate of drug-likeness (QED) is 0.643. The molecule has 0 aromatic heterocycles. The molecule has 1 atom stereocenters. The summed E-state index contributed by atoms with van der Waals surface area (Å²) in [6.07, 6.45) is 2.35. The molecule has 94 valence electrons. The van der Waals surface area contributed by atoms with Crippen LogP contribution in [0.1, 0.15) is 12.8 Å². The first-order chi connectivity index (χ1) is 8.06. The molecule has 17 heavy (non-hydrogen) atoms. The predicted molar refractivity (Wildman–Crippen MR) is 63.1 cm³/mol. The second-order valence-corrected chi connectivity index (χ2v) is 3.40. The van der Waals surface area contributed by atoms with Gasteiger partial charge < -0.3 is 13.8 Å². The van der Waals surface area contributed by atoms with E-state index in [-0.39, 0.29) is 6.42 Å². The van der Waals surface area contributed by atoms with Crippen LogP contribution < -0.4 is 4.18 Å². The zero-order valence-electron chi connectivity index (χ0n) is 9.07. The van der Waals surface area contributed by atoms with Crippen molar-refractivity contribution in [3.05, 3.63) is 43.0 Å². The molecule has 0 aliphatic rings. The normalized spacial score (nSPS) is 10.6. The van der Waals surface area contributed by atoms with Crippen molar-refractivity contribution in [3.8, 4) is 5.75 Å². The average molecular weight is 257 g/mol. The number of hydrogen-bond acceptors (Lipinski definition) is 4. The van der Waals surface area contributed by atoms with Crippen molar-refractivity contribution < 1.29 is 22.8 Å². The number of carboxylic acids is 1. The van der Waals surface area contributed by atoms with E-state index in [4.69, 9.17) is 5.11 Å². The highest BCUT2D eigenvalue weighted by atomic mass is 32.2. The van der Waals surface area contributed by atoms with Crippen LogP contribution >= 0.6 is 0 Å². The molecule has 0 saturated carbocycles. The lowest BCUT2D eigenvalue weighted by molar-refractivity contribution is -0.136. The van der Waals surface area contributed by atoms with E-state index in [0.29, 0.717) is 12.2 Å². The predicted octanol–water partition coefficient (Wildman–Crippen LogP) is 1.90. The van der Waals surface area contributed by atoms with Gasteiger partial charge in [0.25, 0.3) is 0 Å². The summed E-state index contributed by atoms with van der Waals surface area (Å²) in [4.78, 5) is 9.71. The molecule has 0 radical (unpaired) electrons. The second-order valence-electron chi connectivity index (χ2n) is 2.82. The fraction of sp³-hybridized carbons (Fsp3) is 0.182. The van der Waals surface area contributed by atoms with Gasteiger partial charge in [-0.3, -0.25) is 4.79 Å². The summed E-state index contributed by atoms with van der Waals surface area (Å²) in [5.41, 5.74) is 0. The van der Waals surface area contributed by atoms with Crippen molar-refractivity contribution in [1.82, 2.24) is 0 Å². The third-order valence-corrected chi connectivity index (χ3v) is 1.80. The Morgan fingerprint density at radius 3 is 2.41 bits per heavy atom. The zero-order valence-corrected chi connectivity index (χ0v) is 9.89. The van der Waals surface area contributed by atoms with E-state index >= 15 is 0 Å². The van der Waals surface area contributed by atoms with Crippen LogP contribution in [0.3, 0.4) is 0 Å². The molecular formula is C11H13O5S-. The molecule has 0 spiro atoms. The van der Waals surface area contributed by atoms with Gasteiger partial charge in [0, 0.05) is 6.42 Å². The standard InChI is InChI=1S/C6H6O3S.C5H8O2/c7-10(8)9-6-4-2-1-3-5-6;1-2-3-4-5(6)7/h1-5H,(H,7,8);2H,1,3-4H2,(H,6,7)/p-1. The van der Waals surface area contributed by atoms with Crippen LogP contribution in [0.25, 0.3) is 0 Å². The first-order valence-electron chi connectivity index (χ1n) is 4.71. The number of aliphatic carboxylic acids is 1. The van der Waals surface area contributed by atoms with Gasteiger partial charge in [0.15, 0.2) is 0 Å². The molecule has 5 nitrogen and oxygen atoms in total. The van der Waals surface area contributed by atoms with Gasteiger partial charge in [0.1, 0.15) is 17.1 Å². The topological polar surface area (TPSA) is 86.7 Å². The van der Waals surface area contributed by atoms with Crippen LogP contribution in [-0.4, -0.2) is 19.8 Å². The van der Waals surface area contributed by atoms with Gasteiger partial charge in [-0.25, -0.2) is 4.21 Å². The zero-order chi connectivity index (χ0) is 13.1. The summed E-state index contributed by atoms with van der Waals surface area (Å²) in [6.45, 7) is 3.37. The van der Waals surface area contributed by atoms with Crippen LogP contribution in [0.2, 0.25) is 0 Å². The highest BCUT2D eigenvalue weighted by molar-refractivity contribution is 7.74. The first kappa shape index (κ1) is 15.3. The first-order valence-corrected chi connectivity index (χ1v) is 5.71. The smallest absolute Gasteiger partial charge is 0.303 e. The summed E-state index contributed by atoms with van der Waals surface area (Å²) in [7, 11) is 0. The van der Waals surface area contributed by atoms with E-state index in [1.807, 2.05) is 0 Å². The Bertz CT molecular complexity index is 363. The summed E-state index contributed by atoms with van der Waals surface area (Å²) in [5.74, 6) is -0.435. The molecule has 0 heterocycles. The van der Waals surface area contributed by atoms with Crippen molar-refractivity contribution >= 4 is 17.3 Å². The monoisotopic (exact) mass is 257 g/mol. The Morgan fingerprint density at radius 2 is 2.06 bits per heavy atom. The Kier molecular flexibility index (Phi) is 8.62. The van der Waals surface area contributed by atoms with Gasteiger partial charge in [-0.05, 0) is 18.6 Å². The molecule has 1 N–H and O–H groups in total. The minimum absolute atomic E-state index is 0.198. The van der Waals surface area contributed by atoms with E-state index < -0.39 is 17.3 Å². The summed E-state index contributed by atoms with van der Waals surface area (Å²) < 4.78 is 24.2. The maximum Gasteiger partial charge on any atom is 0.303 e. The van der Waals surface area contributed by atoms with Crippen LogP contribution in [0.4, 0.5) is 0 Å². The van der Waals surface area contributed by atoms with Crippen molar-refractivity contribution in [2.75, 3.05) is 0 Å². The molecular weight excluding hydrogens is 244 g/mol. The molecule has 0 fully saturated rings. The van der Waals surface area contributed by atoms with Crippen LogP contribution in [0.5, 0.6) is 5.75 Å². The molecule has 1 aromatic carbocycles. The number of carbonyl (C=O) groups is 1. The Balaban J connectivity index is 0.000000325. The van der Waals surface area contributed by atoms with Gasteiger partial charge in [-0.15, -0.1) is 6.58 Å². The summed E-state index contributed by atoms with van der Waals surface area (Å²) in [5, 5.41) is 8.00. The summed E-state index contributed by atoms with van der Waals surface area (Å²) in [6, 6.07) is 8.30. The second kappa shape index (κ2) is 9.56. The van der Waals surface area contributed by atoms with Crippen LogP contribution in [0.15, 0.2) is 43.0 Å². The highest BCUT2D eigenvalue weighted by Crippen LogP contribution is 2.08. The lowest BCUT2D eigenvalue weighted by Gasteiger charge is -2.05. The third-order valence-electron chi connectivity index (χ3n) is 1.47. The summed E-state index contributed by atoms with van der Waals surface area (Å²) >= 11 is -2.47. The molecule has 0 amide bonds. The van der Waals surface area contributed by atoms with Gasteiger partial charge in [-0.2, -0.15) is 0 Å². The van der Waals surface area contributed by atoms with Gasteiger partial charge in [-0.1, -0.05) is 24.3 Å². The lowest BCUT2D eigenvalue weighted by Crippen LogP contribution is -1.96. The molecule has 0 aliphatic carbocycles.